The third-order valence-corrected chi connectivity index (χ3v) is 4.05. The number of rotatable bonds is 6. The molecule has 0 fully saturated rings. The lowest BCUT2D eigenvalue weighted by molar-refractivity contribution is 0.605. The van der Waals surface area contributed by atoms with Crippen molar-refractivity contribution in [3.8, 4) is 0 Å². The smallest absolute Gasteiger partial charge is 0.191 e. The summed E-state index contributed by atoms with van der Waals surface area (Å²) in [6.07, 6.45) is 0. The highest BCUT2D eigenvalue weighted by atomic mass is 32.2. The molecule has 0 bridgehead atoms. The van der Waals surface area contributed by atoms with E-state index in [0.717, 1.165) is 12.3 Å². The van der Waals surface area contributed by atoms with Crippen molar-refractivity contribution in [2.24, 2.45) is 4.99 Å². The number of aliphatic imine (C=N–C) groups is 1. The van der Waals surface area contributed by atoms with Crippen LogP contribution in [0.15, 0.2) is 64.5 Å². The van der Waals surface area contributed by atoms with Crippen LogP contribution in [0.25, 0.3) is 0 Å². The molecule has 2 N–H and O–H groups in total. The standard InChI is InChI=1S/C17H20FN3S/c1-19-17(21-13-14-7-5-6-10-16(14)18)20-11-12-22-15-8-3-2-4-9-15/h2-10H,11-13H2,1H3,(H2,19,20,21). The molecule has 0 heterocycles. The number of nitrogens with zero attached hydrogens (tertiary/aromatic N) is 1. The van der Waals surface area contributed by atoms with E-state index in [0.29, 0.717) is 18.1 Å². The summed E-state index contributed by atoms with van der Waals surface area (Å²) in [5, 5.41) is 6.34. The molecule has 22 heavy (non-hydrogen) atoms. The molecule has 2 rings (SSSR count). The molecular formula is C17H20FN3S. The first-order valence-electron chi connectivity index (χ1n) is 7.15. The molecule has 5 heteroatoms. The van der Waals surface area contributed by atoms with E-state index < -0.39 is 0 Å². The topological polar surface area (TPSA) is 36.4 Å². The van der Waals surface area contributed by atoms with Crippen LogP contribution in [-0.4, -0.2) is 25.3 Å². The molecular weight excluding hydrogens is 297 g/mol. The second-order valence-corrected chi connectivity index (χ2v) is 5.77. The van der Waals surface area contributed by atoms with Crippen LogP contribution in [0.1, 0.15) is 5.56 Å². The van der Waals surface area contributed by atoms with Gasteiger partial charge in [-0.3, -0.25) is 4.99 Å². The van der Waals surface area contributed by atoms with Crippen molar-refractivity contribution >= 4 is 17.7 Å². The molecule has 0 saturated heterocycles. The number of benzene rings is 2. The number of hydrogen-bond acceptors (Lipinski definition) is 2. The third kappa shape index (κ3) is 5.41. The van der Waals surface area contributed by atoms with Crippen LogP contribution in [0.4, 0.5) is 4.39 Å². The molecule has 0 atom stereocenters. The molecule has 116 valence electrons. The highest BCUT2D eigenvalue weighted by Gasteiger charge is 2.02. The lowest BCUT2D eigenvalue weighted by Gasteiger charge is -2.12. The van der Waals surface area contributed by atoms with E-state index in [4.69, 9.17) is 0 Å². The van der Waals surface area contributed by atoms with E-state index in [1.54, 1.807) is 30.9 Å². The van der Waals surface area contributed by atoms with Gasteiger partial charge in [-0.15, -0.1) is 11.8 Å². The minimum absolute atomic E-state index is 0.204. The summed E-state index contributed by atoms with van der Waals surface area (Å²) < 4.78 is 13.5. The Labute approximate surface area is 135 Å². The number of halogens is 1. The molecule has 3 nitrogen and oxygen atoms in total. The zero-order valence-electron chi connectivity index (χ0n) is 12.6. The first kappa shape index (κ1) is 16.4. The second kappa shape index (κ2) is 9.10. The van der Waals surface area contributed by atoms with Gasteiger partial charge < -0.3 is 10.6 Å². The van der Waals surface area contributed by atoms with Gasteiger partial charge in [-0.2, -0.15) is 0 Å². The predicted octanol–water partition coefficient (Wildman–Crippen LogP) is 3.28. The third-order valence-electron chi connectivity index (χ3n) is 3.03. The van der Waals surface area contributed by atoms with Crippen LogP contribution in [0.2, 0.25) is 0 Å². The van der Waals surface area contributed by atoms with Gasteiger partial charge in [0.1, 0.15) is 5.82 Å². The largest absolute Gasteiger partial charge is 0.356 e. The highest BCUT2D eigenvalue weighted by Crippen LogP contribution is 2.15. The lowest BCUT2D eigenvalue weighted by atomic mass is 10.2. The van der Waals surface area contributed by atoms with Crippen molar-refractivity contribution in [2.45, 2.75) is 11.4 Å². The second-order valence-electron chi connectivity index (χ2n) is 4.61. The fourth-order valence-electron chi connectivity index (χ4n) is 1.90. The molecule has 0 aromatic heterocycles. The van der Waals surface area contributed by atoms with Crippen molar-refractivity contribution in [2.75, 3.05) is 19.3 Å². The lowest BCUT2D eigenvalue weighted by Crippen LogP contribution is -2.38. The van der Waals surface area contributed by atoms with E-state index in [-0.39, 0.29) is 5.82 Å². The minimum Gasteiger partial charge on any atom is -0.356 e. The van der Waals surface area contributed by atoms with E-state index in [2.05, 4.69) is 27.8 Å². The highest BCUT2D eigenvalue weighted by molar-refractivity contribution is 7.99. The number of hydrogen-bond donors (Lipinski definition) is 2. The maximum atomic E-state index is 13.5. The first-order valence-corrected chi connectivity index (χ1v) is 8.14. The monoisotopic (exact) mass is 317 g/mol. The SMILES string of the molecule is CN=C(NCCSc1ccccc1)NCc1ccccc1F. The molecule has 0 spiro atoms. The molecule has 0 amide bonds. The fourth-order valence-corrected chi connectivity index (χ4v) is 2.69. The Balaban J connectivity index is 1.70. The Bertz CT molecular complexity index is 602. The quantitative estimate of drug-likeness (QED) is 0.371. The Morgan fingerprint density at radius 3 is 2.50 bits per heavy atom. The van der Waals surface area contributed by atoms with Gasteiger partial charge in [0.25, 0.3) is 0 Å². The van der Waals surface area contributed by atoms with Crippen molar-refractivity contribution in [3.63, 3.8) is 0 Å². The van der Waals surface area contributed by atoms with Crippen LogP contribution in [0.5, 0.6) is 0 Å². The zero-order valence-corrected chi connectivity index (χ0v) is 13.4. The molecule has 0 unspecified atom stereocenters. The van der Waals surface area contributed by atoms with Crippen molar-refractivity contribution in [1.29, 1.82) is 0 Å². The van der Waals surface area contributed by atoms with Crippen molar-refractivity contribution in [3.05, 3.63) is 66.0 Å². The average molecular weight is 317 g/mol. The fraction of sp³-hybridized carbons (Fsp3) is 0.235. The van der Waals surface area contributed by atoms with E-state index >= 15 is 0 Å². The van der Waals surface area contributed by atoms with Crippen LogP contribution in [0.3, 0.4) is 0 Å². The van der Waals surface area contributed by atoms with Gasteiger partial charge in [0.15, 0.2) is 5.96 Å². The van der Waals surface area contributed by atoms with Gasteiger partial charge in [-0.25, -0.2) is 4.39 Å². The van der Waals surface area contributed by atoms with Crippen molar-refractivity contribution < 1.29 is 4.39 Å². The van der Waals surface area contributed by atoms with Gasteiger partial charge >= 0.3 is 0 Å². The summed E-state index contributed by atoms with van der Waals surface area (Å²) in [6.45, 7) is 1.20. The summed E-state index contributed by atoms with van der Waals surface area (Å²) in [6, 6.07) is 17.0. The molecule has 0 aliphatic carbocycles. The van der Waals surface area contributed by atoms with Crippen LogP contribution >= 0.6 is 11.8 Å². The summed E-state index contributed by atoms with van der Waals surface area (Å²) >= 11 is 1.78. The minimum atomic E-state index is -0.204. The molecule has 0 aliphatic rings. The van der Waals surface area contributed by atoms with Crippen molar-refractivity contribution in [1.82, 2.24) is 10.6 Å². The number of thioether (sulfide) groups is 1. The average Bonchev–Trinajstić information content (AvgIpc) is 2.56. The Morgan fingerprint density at radius 2 is 1.77 bits per heavy atom. The summed E-state index contributed by atoms with van der Waals surface area (Å²) in [5.74, 6) is 1.41. The van der Waals surface area contributed by atoms with Gasteiger partial charge in [0, 0.05) is 36.3 Å². The molecule has 2 aromatic rings. The Hall–Kier alpha value is -2.01. The number of nitrogens with one attached hydrogen (secondary N) is 2. The Kier molecular flexibility index (Phi) is 6.77. The molecule has 0 radical (unpaired) electrons. The van der Waals surface area contributed by atoms with Gasteiger partial charge in [-0.1, -0.05) is 36.4 Å². The van der Waals surface area contributed by atoms with Crippen LogP contribution in [0, 0.1) is 5.82 Å². The number of guanidine groups is 1. The molecule has 2 aromatic carbocycles. The normalized spacial score (nSPS) is 11.3. The van der Waals surface area contributed by atoms with E-state index in [1.807, 2.05) is 24.3 Å². The zero-order chi connectivity index (χ0) is 15.6. The van der Waals surface area contributed by atoms with E-state index in [9.17, 15) is 4.39 Å². The van der Waals surface area contributed by atoms with Gasteiger partial charge in [-0.05, 0) is 18.2 Å². The molecule has 0 aliphatic heterocycles. The first-order chi connectivity index (χ1) is 10.8. The Morgan fingerprint density at radius 1 is 1.05 bits per heavy atom. The van der Waals surface area contributed by atoms with Gasteiger partial charge in [0.05, 0.1) is 0 Å². The molecule has 0 saturated carbocycles. The predicted molar refractivity (Wildman–Crippen MR) is 91.8 cm³/mol. The van der Waals surface area contributed by atoms with E-state index in [1.165, 1.54) is 11.0 Å². The van der Waals surface area contributed by atoms with Crippen LogP contribution < -0.4 is 10.6 Å². The maximum Gasteiger partial charge on any atom is 0.191 e. The summed E-state index contributed by atoms with van der Waals surface area (Å²) in [7, 11) is 1.71. The summed E-state index contributed by atoms with van der Waals surface area (Å²) in [5.41, 5.74) is 0.629. The van der Waals surface area contributed by atoms with Crippen LogP contribution in [-0.2, 0) is 6.54 Å². The van der Waals surface area contributed by atoms with Gasteiger partial charge in [0.2, 0.25) is 0 Å². The maximum absolute atomic E-state index is 13.5. The summed E-state index contributed by atoms with van der Waals surface area (Å²) in [4.78, 5) is 5.39.